The van der Waals surface area contributed by atoms with Gasteiger partial charge in [-0.2, -0.15) is 5.10 Å². The number of pyridine rings is 2. The number of benzene rings is 2. The number of aromatic amines is 2. The van der Waals surface area contributed by atoms with Crippen molar-refractivity contribution in [1.29, 1.82) is 0 Å². The molecule has 4 aromatic heterocycles. The Morgan fingerprint density at radius 3 is 2.54 bits per heavy atom. The van der Waals surface area contributed by atoms with Crippen LogP contribution in [-0.4, -0.2) is 50.6 Å². The third-order valence-corrected chi connectivity index (χ3v) is 7.10. The number of hydrogen-bond donors (Lipinski definition) is 2. The van der Waals surface area contributed by atoms with Crippen LogP contribution in [0.4, 0.5) is 4.39 Å². The van der Waals surface area contributed by atoms with E-state index in [1.54, 1.807) is 12.4 Å². The molecule has 0 aliphatic carbocycles. The summed E-state index contributed by atoms with van der Waals surface area (Å²) in [6.07, 6.45) is 4.84. The van der Waals surface area contributed by atoms with E-state index in [0.29, 0.717) is 33.7 Å². The first kappa shape index (κ1) is 23.0. The van der Waals surface area contributed by atoms with E-state index in [1.165, 1.54) is 18.4 Å². The second-order valence-electron chi connectivity index (χ2n) is 8.92. The number of fused-ring (bicyclic) bond motifs is 2. The molecule has 2 aromatic carbocycles. The smallest absolute Gasteiger partial charge is 0.161 e. The number of rotatable bonds is 6. The lowest BCUT2D eigenvalue weighted by Crippen LogP contribution is -2.06. The Bertz CT molecular complexity index is 1880. The third kappa shape index (κ3) is 4.58. The molecule has 6 rings (SSSR count). The minimum absolute atomic E-state index is 0.0483. The number of aromatic nitrogens is 6. The molecule has 10 heteroatoms. The average molecular weight is 513 g/mol. The second kappa shape index (κ2) is 8.90. The van der Waals surface area contributed by atoms with Crippen molar-refractivity contribution in [2.45, 2.75) is 6.42 Å². The molecule has 0 bridgehead atoms. The van der Waals surface area contributed by atoms with Gasteiger partial charge in [0, 0.05) is 29.8 Å². The molecule has 0 radical (unpaired) electrons. The summed E-state index contributed by atoms with van der Waals surface area (Å²) in [5.41, 5.74) is 7.11. The molecule has 0 aliphatic heterocycles. The van der Waals surface area contributed by atoms with Crippen LogP contribution in [-0.2, 0) is 16.3 Å². The van der Waals surface area contributed by atoms with Crippen molar-refractivity contribution in [2.24, 2.45) is 0 Å². The summed E-state index contributed by atoms with van der Waals surface area (Å²) in [4.78, 5) is 17.0. The van der Waals surface area contributed by atoms with Crippen LogP contribution in [0.3, 0.4) is 0 Å². The molecule has 0 saturated heterocycles. The van der Waals surface area contributed by atoms with E-state index in [2.05, 4.69) is 20.2 Å². The summed E-state index contributed by atoms with van der Waals surface area (Å²) in [6.45, 7) is 0. The van der Waals surface area contributed by atoms with E-state index in [4.69, 9.17) is 9.97 Å². The van der Waals surface area contributed by atoms with Crippen LogP contribution < -0.4 is 0 Å². The molecule has 184 valence electrons. The SMILES string of the molecule is CS(=O)(=O)CCc1cc(F)cc(-c2cccc3[nH]c(-c4n[nH]c5ccc(-c6ccncc6)nc45)nc23)c1. The van der Waals surface area contributed by atoms with Crippen LogP contribution in [0.25, 0.3) is 56.0 Å². The normalized spacial score (nSPS) is 11.9. The highest BCUT2D eigenvalue weighted by Gasteiger charge is 2.17. The summed E-state index contributed by atoms with van der Waals surface area (Å²) in [6, 6.07) is 17.9. The van der Waals surface area contributed by atoms with Gasteiger partial charge in [-0.15, -0.1) is 0 Å². The summed E-state index contributed by atoms with van der Waals surface area (Å²) < 4.78 is 37.7. The van der Waals surface area contributed by atoms with Crippen molar-refractivity contribution in [3.05, 3.63) is 84.4 Å². The minimum Gasteiger partial charge on any atom is -0.336 e. The zero-order chi connectivity index (χ0) is 25.6. The average Bonchev–Trinajstić information content (AvgIpc) is 3.51. The van der Waals surface area contributed by atoms with Gasteiger partial charge in [0.25, 0.3) is 0 Å². The number of sulfone groups is 1. The molecule has 6 aromatic rings. The molecule has 2 N–H and O–H groups in total. The van der Waals surface area contributed by atoms with E-state index in [0.717, 1.165) is 27.9 Å². The number of halogens is 1. The van der Waals surface area contributed by atoms with Gasteiger partial charge in [-0.05, 0) is 60.0 Å². The highest BCUT2D eigenvalue weighted by Crippen LogP contribution is 2.32. The Hall–Kier alpha value is -4.44. The fourth-order valence-electron chi connectivity index (χ4n) is 4.38. The zero-order valence-corrected chi connectivity index (χ0v) is 20.6. The minimum atomic E-state index is -3.17. The number of hydrogen-bond acceptors (Lipinski definition) is 6. The molecule has 4 heterocycles. The standard InChI is InChI=1S/C27H21FN6O2S/c1-37(35,36)12-9-16-13-18(15-19(28)14-16)20-3-2-4-22-24(20)32-27(31-22)26-25-23(33-34-26)6-5-21(30-25)17-7-10-29-11-8-17/h2-8,10-11,13-15H,9,12H2,1H3,(H,31,32)(H,33,34). The highest BCUT2D eigenvalue weighted by atomic mass is 32.2. The fourth-order valence-corrected chi connectivity index (χ4v) is 4.98. The van der Waals surface area contributed by atoms with E-state index in [-0.39, 0.29) is 12.2 Å². The fraction of sp³-hybridized carbons (Fsp3) is 0.111. The van der Waals surface area contributed by atoms with Crippen molar-refractivity contribution >= 4 is 31.9 Å². The van der Waals surface area contributed by atoms with Gasteiger partial charge in [-0.1, -0.05) is 18.2 Å². The maximum Gasteiger partial charge on any atom is 0.161 e. The molecule has 0 spiro atoms. The van der Waals surface area contributed by atoms with Crippen molar-refractivity contribution in [1.82, 2.24) is 30.1 Å². The van der Waals surface area contributed by atoms with E-state index < -0.39 is 15.7 Å². The molecule has 8 nitrogen and oxygen atoms in total. The maximum atomic E-state index is 14.5. The maximum absolute atomic E-state index is 14.5. The van der Waals surface area contributed by atoms with Gasteiger partial charge in [0.15, 0.2) is 11.5 Å². The van der Waals surface area contributed by atoms with Gasteiger partial charge in [0.1, 0.15) is 21.2 Å². The Morgan fingerprint density at radius 1 is 0.892 bits per heavy atom. The predicted molar refractivity (Wildman–Crippen MR) is 141 cm³/mol. The Kier molecular flexibility index (Phi) is 5.53. The Morgan fingerprint density at radius 2 is 1.73 bits per heavy atom. The molecule has 0 fully saturated rings. The molecule has 0 unspecified atom stereocenters. The van der Waals surface area contributed by atoms with Crippen LogP contribution >= 0.6 is 0 Å². The van der Waals surface area contributed by atoms with Crippen LogP contribution in [0.1, 0.15) is 5.56 Å². The summed E-state index contributed by atoms with van der Waals surface area (Å²) >= 11 is 0. The van der Waals surface area contributed by atoms with Gasteiger partial charge in [0.05, 0.1) is 28.0 Å². The first-order chi connectivity index (χ1) is 17.8. The van der Waals surface area contributed by atoms with Gasteiger partial charge in [-0.25, -0.2) is 22.8 Å². The molecule has 0 atom stereocenters. The quantitative estimate of drug-likeness (QED) is 0.326. The van der Waals surface area contributed by atoms with Gasteiger partial charge in [0.2, 0.25) is 0 Å². The van der Waals surface area contributed by atoms with Crippen molar-refractivity contribution in [2.75, 3.05) is 12.0 Å². The number of aryl methyl sites for hydroxylation is 1. The summed E-state index contributed by atoms with van der Waals surface area (Å²) in [7, 11) is -3.17. The topological polar surface area (TPSA) is 117 Å². The highest BCUT2D eigenvalue weighted by molar-refractivity contribution is 7.90. The summed E-state index contributed by atoms with van der Waals surface area (Å²) in [5.74, 6) is 0.0505. The molecule has 37 heavy (non-hydrogen) atoms. The zero-order valence-electron chi connectivity index (χ0n) is 19.7. The third-order valence-electron chi connectivity index (χ3n) is 6.15. The number of H-pyrrole nitrogens is 2. The monoisotopic (exact) mass is 512 g/mol. The number of nitrogens with one attached hydrogen (secondary N) is 2. The van der Waals surface area contributed by atoms with Crippen molar-refractivity contribution in [3.8, 4) is 33.9 Å². The number of para-hydroxylation sites is 1. The second-order valence-corrected chi connectivity index (χ2v) is 11.2. The lowest BCUT2D eigenvalue weighted by Gasteiger charge is -2.07. The molecular weight excluding hydrogens is 491 g/mol. The largest absolute Gasteiger partial charge is 0.336 e. The lowest BCUT2D eigenvalue weighted by atomic mass is 10.0. The molecule has 0 saturated carbocycles. The molecule has 0 amide bonds. The predicted octanol–water partition coefficient (Wildman–Crippen LogP) is 4.96. The van der Waals surface area contributed by atoms with Crippen LogP contribution in [0.15, 0.2) is 73.1 Å². The van der Waals surface area contributed by atoms with Crippen molar-refractivity contribution < 1.29 is 12.8 Å². The molecule has 0 aliphatic rings. The Labute approximate surface area is 211 Å². The van der Waals surface area contributed by atoms with E-state index in [1.807, 2.05) is 48.5 Å². The van der Waals surface area contributed by atoms with Gasteiger partial charge >= 0.3 is 0 Å². The first-order valence-corrected chi connectivity index (χ1v) is 13.6. The van der Waals surface area contributed by atoms with E-state index >= 15 is 0 Å². The van der Waals surface area contributed by atoms with Gasteiger partial charge in [-0.3, -0.25) is 10.1 Å². The van der Waals surface area contributed by atoms with Crippen LogP contribution in [0.2, 0.25) is 0 Å². The lowest BCUT2D eigenvalue weighted by molar-refractivity contribution is 0.600. The number of nitrogens with zero attached hydrogens (tertiary/aromatic N) is 4. The van der Waals surface area contributed by atoms with Gasteiger partial charge < -0.3 is 4.98 Å². The molecular formula is C27H21FN6O2S. The first-order valence-electron chi connectivity index (χ1n) is 11.6. The Balaban J connectivity index is 1.44. The van der Waals surface area contributed by atoms with E-state index in [9.17, 15) is 12.8 Å². The number of imidazole rings is 1. The van der Waals surface area contributed by atoms with Crippen LogP contribution in [0, 0.1) is 5.82 Å². The van der Waals surface area contributed by atoms with Crippen molar-refractivity contribution in [3.63, 3.8) is 0 Å². The van der Waals surface area contributed by atoms with Crippen LogP contribution in [0.5, 0.6) is 0 Å². The summed E-state index contributed by atoms with van der Waals surface area (Å²) in [5, 5.41) is 7.48.